The molecular formula is C25H33N5O6. The van der Waals surface area contributed by atoms with E-state index in [-0.39, 0.29) is 25.8 Å². The van der Waals surface area contributed by atoms with Gasteiger partial charge in [-0.2, -0.15) is 0 Å². The minimum atomic E-state index is -0.864. The van der Waals surface area contributed by atoms with Crippen LogP contribution in [0.5, 0.6) is 0 Å². The van der Waals surface area contributed by atoms with Gasteiger partial charge in [0.2, 0.25) is 0 Å². The summed E-state index contributed by atoms with van der Waals surface area (Å²) in [7, 11) is 1.50. The summed E-state index contributed by atoms with van der Waals surface area (Å²) in [5.74, 6) is -1.10. The van der Waals surface area contributed by atoms with Crippen molar-refractivity contribution >= 4 is 29.6 Å². The topological polar surface area (TPSA) is 167 Å². The standard InChI is InChI=1S/C25H33N5O6/c1-34-15-16-35-23(32)21(30-22(31)19-10-12-20(13-11-19)29-24(26)27)9-5-6-14-28-25(33)36-17-18-7-3-2-4-8-18/h2-4,7-8,10-13,21H,5-6,9,14-17H2,1H3,(H,28,33)(H,30,31)(H4,26,27,29)/t21-/m0/s1. The maximum atomic E-state index is 12.7. The van der Waals surface area contributed by atoms with E-state index in [9.17, 15) is 14.4 Å². The number of hydrogen-bond acceptors (Lipinski definition) is 7. The molecule has 11 nitrogen and oxygen atoms in total. The van der Waals surface area contributed by atoms with E-state index in [1.165, 1.54) is 7.11 Å². The highest BCUT2D eigenvalue weighted by Crippen LogP contribution is 2.13. The fourth-order valence-electron chi connectivity index (χ4n) is 3.09. The molecule has 2 amide bonds. The molecule has 0 heterocycles. The Morgan fingerprint density at radius 2 is 1.67 bits per heavy atom. The van der Waals surface area contributed by atoms with Crippen molar-refractivity contribution < 1.29 is 28.6 Å². The Morgan fingerprint density at radius 3 is 2.33 bits per heavy atom. The second-order valence-corrected chi connectivity index (χ2v) is 7.75. The molecule has 1 atom stereocenters. The van der Waals surface area contributed by atoms with Crippen LogP contribution in [0, 0.1) is 0 Å². The van der Waals surface area contributed by atoms with Gasteiger partial charge in [-0.25, -0.2) is 14.6 Å². The van der Waals surface area contributed by atoms with Crippen LogP contribution in [0.15, 0.2) is 59.6 Å². The molecule has 2 aromatic rings. The quantitative estimate of drug-likeness (QED) is 0.132. The van der Waals surface area contributed by atoms with Gasteiger partial charge >= 0.3 is 12.1 Å². The van der Waals surface area contributed by atoms with Gasteiger partial charge in [-0.1, -0.05) is 30.3 Å². The van der Waals surface area contributed by atoms with Crippen molar-refractivity contribution in [3.8, 4) is 0 Å². The first-order valence-corrected chi connectivity index (χ1v) is 11.5. The fourth-order valence-corrected chi connectivity index (χ4v) is 3.09. The number of esters is 1. The molecular weight excluding hydrogens is 466 g/mol. The lowest BCUT2D eigenvalue weighted by Crippen LogP contribution is -2.42. The number of carbonyl (C=O) groups excluding carboxylic acids is 3. The highest BCUT2D eigenvalue weighted by atomic mass is 16.6. The molecule has 36 heavy (non-hydrogen) atoms. The van der Waals surface area contributed by atoms with Crippen molar-refractivity contribution in [1.29, 1.82) is 0 Å². The largest absolute Gasteiger partial charge is 0.462 e. The first-order chi connectivity index (χ1) is 17.4. The zero-order valence-corrected chi connectivity index (χ0v) is 20.3. The van der Waals surface area contributed by atoms with Crippen molar-refractivity contribution in [3.05, 3.63) is 65.7 Å². The lowest BCUT2D eigenvalue weighted by atomic mass is 10.1. The second kappa shape index (κ2) is 15.7. The van der Waals surface area contributed by atoms with Crippen LogP contribution in [0.3, 0.4) is 0 Å². The number of amides is 2. The van der Waals surface area contributed by atoms with E-state index >= 15 is 0 Å². The molecule has 6 N–H and O–H groups in total. The number of methoxy groups -OCH3 is 1. The van der Waals surface area contributed by atoms with Gasteiger partial charge in [-0.05, 0) is 49.1 Å². The number of rotatable bonds is 14. The Kier molecular flexibility index (Phi) is 12.3. The van der Waals surface area contributed by atoms with Gasteiger partial charge in [0, 0.05) is 19.2 Å². The summed E-state index contributed by atoms with van der Waals surface area (Å²) in [6, 6.07) is 14.8. The van der Waals surface area contributed by atoms with Crippen LogP contribution >= 0.6 is 0 Å². The number of aliphatic imine (C=N–C) groups is 1. The summed E-state index contributed by atoms with van der Waals surface area (Å²) >= 11 is 0. The maximum absolute atomic E-state index is 12.7. The summed E-state index contributed by atoms with van der Waals surface area (Å²) in [4.78, 5) is 41.0. The third-order valence-corrected chi connectivity index (χ3v) is 4.91. The summed E-state index contributed by atoms with van der Waals surface area (Å²) in [5, 5.41) is 5.38. The zero-order valence-electron chi connectivity index (χ0n) is 20.3. The third kappa shape index (κ3) is 10.9. The molecule has 11 heteroatoms. The normalized spacial score (nSPS) is 11.1. The minimum absolute atomic E-state index is 0.0731. The highest BCUT2D eigenvalue weighted by molar-refractivity contribution is 5.97. The lowest BCUT2D eigenvalue weighted by molar-refractivity contribution is -0.147. The van der Waals surface area contributed by atoms with Gasteiger partial charge in [0.1, 0.15) is 19.3 Å². The fraction of sp³-hybridized carbons (Fsp3) is 0.360. The number of carbonyl (C=O) groups is 3. The van der Waals surface area contributed by atoms with Gasteiger partial charge in [0.15, 0.2) is 5.96 Å². The van der Waals surface area contributed by atoms with E-state index in [0.717, 1.165) is 5.56 Å². The van der Waals surface area contributed by atoms with Crippen LogP contribution < -0.4 is 22.1 Å². The molecule has 0 aliphatic rings. The first kappa shape index (κ1) is 28.1. The lowest BCUT2D eigenvalue weighted by Gasteiger charge is -2.18. The predicted octanol–water partition coefficient (Wildman–Crippen LogP) is 1.98. The van der Waals surface area contributed by atoms with Gasteiger partial charge in [0.05, 0.1) is 12.3 Å². The minimum Gasteiger partial charge on any atom is -0.462 e. The Labute approximate surface area is 210 Å². The molecule has 0 aliphatic heterocycles. The van der Waals surface area contributed by atoms with E-state index in [1.54, 1.807) is 24.3 Å². The molecule has 2 rings (SSSR count). The molecule has 0 aliphatic carbocycles. The van der Waals surface area contributed by atoms with E-state index in [2.05, 4.69) is 15.6 Å². The van der Waals surface area contributed by atoms with Crippen LogP contribution in [0.2, 0.25) is 0 Å². The molecule has 0 radical (unpaired) electrons. The molecule has 2 aromatic carbocycles. The highest BCUT2D eigenvalue weighted by Gasteiger charge is 2.22. The monoisotopic (exact) mass is 499 g/mol. The zero-order chi connectivity index (χ0) is 26.2. The average molecular weight is 500 g/mol. The molecule has 0 saturated carbocycles. The summed E-state index contributed by atoms with van der Waals surface area (Å²) in [6.45, 7) is 0.859. The third-order valence-electron chi connectivity index (χ3n) is 4.91. The van der Waals surface area contributed by atoms with E-state index in [1.807, 2.05) is 30.3 Å². The van der Waals surface area contributed by atoms with Gasteiger partial charge in [-0.3, -0.25) is 4.79 Å². The second-order valence-electron chi connectivity index (χ2n) is 7.75. The van der Waals surface area contributed by atoms with Crippen molar-refractivity contribution in [3.63, 3.8) is 0 Å². The number of nitrogens with two attached hydrogens (primary N) is 2. The number of unbranched alkanes of at least 4 members (excludes halogenated alkanes) is 1. The molecule has 0 unspecified atom stereocenters. The van der Waals surface area contributed by atoms with Crippen LogP contribution in [-0.2, 0) is 25.6 Å². The number of benzene rings is 2. The van der Waals surface area contributed by atoms with Crippen molar-refractivity contribution in [2.45, 2.75) is 31.9 Å². The van der Waals surface area contributed by atoms with Crippen LogP contribution in [0.1, 0.15) is 35.2 Å². The number of nitrogens with one attached hydrogen (secondary N) is 2. The number of alkyl carbamates (subject to hydrolysis) is 1. The van der Waals surface area contributed by atoms with E-state index < -0.39 is 24.0 Å². The molecule has 194 valence electrons. The molecule has 0 fully saturated rings. The van der Waals surface area contributed by atoms with Crippen LogP contribution in [0.25, 0.3) is 0 Å². The SMILES string of the molecule is COCCOC(=O)[C@H](CCCCNC(=O)OCc1ccccc1)NC(=O)c1ccc(N=C(N)N)cc1. The van der Waals surface area contributed by atoms with Crippen molar-refractivity contribution in [2.24, 2.45) is 16.5 Å². The summed E-state index contributed by atoms with van der Waals surface area (Å²) < 4.78 is 15.3. The first-order valence-electron chi connectivity index (χ1n) is 11.5. The van der Waals surface area contributed by atoms with Gasteiger partial charge in [-0.15, -0.1) is 0 Å². The number of guanidine groups is 1. The number of ether oxygens (including phenoxy) is 3. The van der Waals surface area contributed by atoms with E-state index in [4.69, 9.17) is 25.7 Å². The number of hydrogen-bond donors (Lipinski definition) is 4. The van der Waals surface area contributed by atoms with Crippen molar-refractivity contribution in [2.75, 3.05) is 26.9 Å². The Bertz CT molecular complexity index is 994. The number of nitrogens with zero attached hydrogens (tertiary/aromatic N) is 1. The smallest absolute Gasteiger partial charge is 0.407 e. The molecule has 0 aromatic heterocycles. The molecule has 0 saturated heterocycles. The van der Waals surface area contributed by atoms with Gasteiger partial charge < -0.3 is 36.3 Å². The predicted molar refractivity (Wildman–Crippen MR) is 134 cm³/mol. The Morgan fingerprint density at radius 1 is 0.944 bits per heavy atom. The molecule has 0 bridgehead atoms. The summed E-state index contributed by atoms with van der Waals surface area (Å²) in [6.07, 6.45) is 0.925. The average Bonchev–Trinajstić information content (AvgIpc) is 2.87. The summed E-state index contributed by atoms with van der Waals surface area (Å²) in [5.41, 5.74) is 12.4. The van der Waals surface area contributed by atoms with Crippen LogP contribution in [-0.4, -0.2) is 56.8 Å². The van der Waals surface area contributed by atoms with Crippen LogP contribution in [0.4, 0.5) is 10.5 Å². The molecule has 0 spiro atoms. The van der Waals surface area contributed by atoms with Gasteiger partial charge in [0.25, 0.3) is 5.91 Å². The Balaban J connectivity index is 1.82. The van der Waals surface area contributed by atoms with Crippen molar-refractivity contribution in [1.82, 2.24) is 10.6 Å². The van der Waals surface area contributed by atoms with E-state index in [0.29, 0.717) is 37.1 Å². The maximum Gasteiger partial charge on any atom is 0.407 e. The Hall–Kier alpha value is -4.12.